The number of carbonyl (C=O) groups is 1. The minimum absolute atomic E-state index is 0.0407. The SMILES string of the molecule is O=C(N[C@@H]1C=CS(=O)(=O)C1)c1ccc(-c2ccc(C3CC3)cc2)[nH]c1=O. The van der Waals surface area contributed by atoms with Crippen molar-refractivity contribution in [1.29, 1.82) is 0 Å². The number of rotatable bonds is 4. The van der Waals surface area contributed by atoms with E-state index in [1.165, 1.54) is 30.5 Å². The quantitative estimate of drug-likeness (QED) is 0.860. The highest BCUT2D eigenvalue weighted by atomic mass is 32.2. The first-order valence-corrected chi connectivity index (χ1v) is 10.2. The first-order chi connectivity index (χ1) is 12.4. The third-order valence-corrected chi connectivity index (χ3v) is 6.07. The summed E-state index contributed by atoms with van der Waals surface area (Å²) in [4.78, 5) is 27.3. The Kier molecular flexibility index (Phi) is 4.03. The average Bonchev–Trinajstić information content (AvgIpc) is 3.39. The maximum absolute atomic E-state index is 12.3. The van der Waals surface area contributed by atoms with E-state index in [1.54, 1.807) is 6.07 Å². The minimum atomic E-state index is -3.26. The van der Waals surface area contributed by atoms with Crippen LogP contribution in [0.5, 0.6) is 0 Å². The van der Waals surface area contributed by atoms with Gasteiger partial charge in [-0.15, -0.1) is 0 Å². The van der Waals surface area contributed by atoms with Crippen LogP contribution in [0.2, 0.25) is 0 Å². The Labute approximate surface area is 150 Å². The van der Waals surface area contributed by atoms with Crippen LogP contribution in [0.4, 0.5) is 0 Å². The Morgan fingerprint density at radius 3 is 2.38 bits per heavy atom. The summed E-state index contributed by atoms with van der Waals surface area (Å²) in [5, 5.41) is 3.63. The van der Waals surface area contributed by atoms with Gasteiger partial charge in [0.2, 0.25) is 0 Å². The topological polar surface area (TPSA) is 96.1 Å². The number of benzene rings is 1. The van der Waals surface area contributed by atoms with Crippen LogP contribution < -0.4 is 10.9 Å². The van der Waals surface area contributed by atoms with E-state index in [9.17, 15) is 18.0 Å². The second-order valence-corrected chi connectivity index (χ2v) is 8.68. The number of aromatic amines is 1. The van der Waals surface area contributed by atoms with Crippen molar-refractivity contribution in [3.63, 3.8) is 0 Å². The summed E-state index contributed by atoms with van der Waals surface area (Å²) in [6, 6.07) is 10.6. The number of aromatic nitrogens is 1. The first kappa shape index (κ1) is 16.8. The standard InChI is InChI=1S/C19H18N2O4S/c22-18(20-15-9-10-26(24,25)11-15)16-7-8-17(21-19(16)23)14-5-3-13(4-6-14)12-1-2-12/h3-10,12,15H,1-2,11H2,(H,20,22)(H,21,23)/t15-/m1/s1. The Bertz CT molecular complexity index is 1050. The molecule has 2 aliphatic rings. The summed E-state index contributed by atoms with van der Waals surface area (Å²) in [7, 11) is -3.26. The van der Waals surface area contributed by atoms with E-state index in [-0.39, 0.29) is 11.3 Å². The number of pyridine rings is 1. The molecule has 1 saturated carbocycles. The molecule has 0 radical (unpaired) electrons. The molecule has 1 atom stereocenters. The molecule has 1 fully saturated rings. The zero-order valence-electron chi connectivity index (χ0n) is 13.9. The van der Waals surface area contributed by atoms with Gasteiger partial charge in [-0.3, -0.25) is 9.59 Å². The smallest absolute Gasteiger partial charge is 0.261 e. The summed E-state index contributed by atoms with van der Waals surface area (Å²) >= 11 is 0. The van der Waals surface area contributed by atoms with E-state index in [4.69, 9.17) is 0 Å². The molecule has 2 heterocycles. The summed E-state index contributed by atoms with van der Waals surface area (Å²) in [6.45, 7) is 0. The lowest BCUT2D eigenvalue weighted by Crippen LogP contribution is -2.38. The summed E-state index contributed by atoms with van der Waals surface area (Å²) in [6.07, 6.45) is 3.88. The third-order valence-electron chi connectivity index (χ3n) is 4.67. The fourth-order valence-corrected chi connectivity index (χ4v) is 4.32. The molecule has 1 amide bonds. The molecule has 1 aliphatic heterocycles. The molecule has 0 bridgehead atoms. The Morgan fingerprint density at radius 1 is 1.08 bits per heavy atom. The van der Waals surface area contributed by atoms with Crippen LogP contribution in [0.3, 0.4) is 0 Å². The Morgan fingerprint density at radius 2 is 1.81 bits per heavy atom. The predicted octanol–water partition coefficient (Wildman–Crippen LogP) is 1.96. The van der Waals surface area contributed by atoms with Crippen molar-refractivity contribution in [2.45, 2.75) is 24.8 Å². The van der Waals surface area contributed by atoms with Crippen LogP contribution in [-0.4, -0.2) is 31.1 Å². The highest BCUT2D eigenvalue weighted by Gasteiger charge is 2.25. The van der Waals surface area contributed by atoms with Gasteiger partial charge in [-0.25, -0.2) is 8.42 Å². The molecule has 7 heteroatoms. The van der Waals surface area contributed by atoms with Crippen LogP contribution in [0.1, 0.15) is 34.7 Å². The van der Waals surface area contributed by atoms with Gasteiger partial charge in [0.1, 0.15) is 5.56 Å². The lowest BCUT2D eigenvalue weighted by molar-refractivity contribution is 0.0946. The molecule has 1 aliphatic carbocycles. The zero-order chi connectivity index (χ0) is 18.3. The summed E-state index contributed by atoms with van der Waals surface area (Å²) < 4.78 is 22.8. The number of amides is 1. The summed E-state index contributed by atoms with van der Waals surface area (Å²) in [5.41, 5.74) is 2.28. The molecule has 0 spiro atoms. The van der Waals surface area contributed by atoms with Crippen LogP contribution >= 0.6 is 0 Å². The minimum Gasteiger partial charge on any atom is -0.345 e. The number of sulfone groups is 1. The Hall–Kier alpha value is -2.67. The van der Waals surface area contributed by atoms with E-state index in [0.29, 0.717) is 11.6 Å². The van der Waals surface area contributed by atoms with Crippen molar-refractivity contribution in [2.24, 2.45) is 0 Å². The van der Waals surface area contributed by atoms with E-state index in [2.05, 4.69) is 22.4 Å². The number of nitrogens with one attached hydrogen (secondary N) is 2. The van der Waals surface area contributed by atoms with Crippen molar-refractivity contribution in [1.82, 2.24) is 10.3 Å². The molecule has 26 heavy (non-hydrogen) atoms. The van der Waals surface area contributed by atoms with Crippen LogP contribution in [-0.2, 0) is 9.84 Å². The third kappa shape index (κ3) is 3.48. The largest absolute Gasteiger partial charge is 0.345 e. The molecule has 0 unspecified atom stereocenters. The molecule has 2 N–H and O–H groups in total. The van der Waals surface area contributed by atoms with E-state index in [0.717, 1.165) is 11.0 Å². The van der Waals surface area contributed by atoms with E-state index in [1.807, 2.05) is 12.1 Å². The van der Waals surface area contributed by atoms with Crippen molar-refractivity contribution in [2.75, 3.05) is 5.75 Å². The fourth-order valence-electron chi connectivity index (χ4n) is 3.08. The van der Waals surface area contributed by atoms with Gasteiger partial charge in [0, 0.05) is 11.1 Å². The van der Waals surface area contributed by atoms with Gasteiger partial charge >= 0.3 is 0 Å². The van der Waals surface area contributed by atoms with Crippen molar-refractivity contribution < 1.29 is 13.2 Å². The number of hydrogen-bond acceptors (Lipinski definition) is 4. The van der Waals surface area contributed by atoms with Gasteiger partial charge in [-0.1, -0.05) is 24.3 Å². The maximum atomic E-state index is 12.3. The lowest BCUT2D eigenvalue weighted by atomic mass is 10.1. The Balaban J connectivity index is 1.51. The van der Waals surface area contributed by atoms with E-state index < -0.39 is 27.3 Å². The monoisotopic (exact) mass is 370 g/mol. The van der Waals surface area contributed by atoms with E-state index >= 15 is 0 Å². The highest BCUT2D eigenvalue weighted by Crippen LogP contribution is 2.40. The molecule has 1 aromatic carbocycles. The van der Waals surface area contributed by atoms with Crippen molar-refractivity contribution in [3.8, 4) is 11.3 Å². The molecular formula is C19H18N2O4S. The highest BCUT2D eigenvalue weighted by molar-refractivity contribution is 7.94. The van der Waals surface area contributed by atoms with Gasteiger partial charge in [0.25, 0.3) is 11.5 Å². The molecule has 1 aromatic heterocycles. The number of hydrogen-bond donors (Lipinski definition) is 2. The van der Waals surface area contributed by atoms with Crippen molar-refractivity contribution in [3.05, 3.63) is 69.4 Å². The molecule has 4 rings (SSSR count). The van der Waals surface area contributed by atoms with Gasteiger partial charge in [-0.2, -0.15) is 0 Å². The van der Waals surface area contributed by atoms with Gasteiger partial charge in [0.05, 0.1) is 11.8 Å². The van der Waals surface area contributed by atoms with Gasteiger partial charge < -0.3 is 10.3 Å². The summed E-state index contributed by atoms with van der Waals surface area (Å²) in [5.74, 6) is -0.0986. The van der Waals surface area contributed by atoms with Crippen molar-refractivity contribution >= 4 is 15.7 Å². The second-order valence-electron chi connectivity index (χ2n) is 6.75. The predicted molar refractivity (Wildman–Crippen MR) is 98.7 cm³/mol. The van der Waals surface area contributed by atoms with Crippen LogP contribution in [0.15, 0.2) is 52.7 Å². The maximum Gasteiger partial charge on any atom is 0.261 e. The normalized spacial score (nSPS) is 20.8. The van der Waals surface area contributed by atoms with Gasteiger partial charge in [-0.05, 0) is 48.1 Å². The van der Waals surface area contributed by atoms with Crippen LogP contribution in [0, 0.1) is 0 Å². The molecular weight excluding hydrogens is 352 g/mol. The first-order valence-electron chi connectivity index (χ1n) is 8.47. The lowest BCUT2D eigenvalue weighted by Gasteiger charge is -2.10. The zero-order valence-corrected chi connectivity index (χ0v) is 14.8. The molecule has 0 saturated heterocycles. The average molecular weight is 370 g/mol. The number of carbonyl (C=O) groups excluding carboxylic acids is 1. The second kappa shape index (κ2) is 6.25. The molecule has 6 nitrogen and oxygen atoms in total. The van der Waals surface area contributed by atoms with Crippen LogP contribution in [0.25, 0.3) is 11.3 Å². The fraction of sp³-hybridized carbons (Fsp3) is 0.263. The molecule has 134 valence electrons. The molecule has 2 aromatic rings. The number of H-pyrrole nitrogens is 1. The van der Waals surface area contributed by atoms with Gasteiger partial charge in [0.15, 0.2) is 9.84 Å².